The van der Waals surface area contributed by atoms with Crippen LogP contribution in [0.15, 0.2) is 53.5 Å². The van der Waals surface area contributed by atoms with E-state index in [9.17, 15) is 10.1 Å². The number of nitro groups is 1. The minimum Gasteiger partial charge on any atom is -0.356 e. The molecule has 0 amide bonds. The molecule has 2 N–H and O–H groups in total. The molecule has 0 aromatic heterocycles. The van der Waals surface area contributed by atoms with Gasteiger partial charge in [-0.15, -0.1) is 0 Å². The number of nitro benzene ring substituents is 1. The molecule has 0 aliphatic heterocycles. The average molecular weight is 373 g/mol. The van der Waals surface area contributed by atoms with Crippen LogP contribution in [-0.4, -0.2) is 24.5 Å². The van der Waals surface area contributed by atoms with E-state index in [1.807, 2.05) is 18.2 Å². The van der Waals surface area contributed by atoms with Crippen molar-refractivity contribution in [2.24, 2.45) is 4.99 Å². The number of nitrogens with one attached hydrogen (secondary N) is 2. The number of hydrogen-bond donors (Lipinski definition) is 2. The Labute approximate surface area is 157 Å². The van der Waals surface area contributed by atoms with Crippen LogP contribution in [0.25, 0.3) is 0 Å². The predicted molar refractivity (Wildman–Crippen MR) is 104 cm³/mol. The van der Waals surface area contributed by atoms with Crippen molar-refractivity contribution in [2.45, 2.75) is 24.8 Å². The van der Waals surface area contributed by atoms with Gasteiger partial charge in [0.2, 0.25) is 0 Å². The van der Waals surface area contributed by atoms with E-state index in [1.54, 1.807) is 19.2 Å². The van der Waals surface area contributed by atoms with Crippen LogP contribution < -0.4 is 10.6 Å². The summed E-state index contributed by atoms with van der Waals surface area (Å²) in [6.45, 7) is 1.33. The second-order valence-corrected chi connectivity index (χ2v) is 6.93. The zero-order valence-electron chi connectivity index (χ0n) is 14.5. The lowest BCUT2D eigenvalue weighted by atomic mass is 9.96. The molecular formula is C19H21ClN4O2. The van der Waals surface area contributed by atoms with Gasteiger partial charge in [-0.2, -0.15) is 0 Å². The number of hydrogen-bond acceptors (Lipinski definition) is 3. The topological polar surface area (TPSA) is 79.6 Å². The van der Waals surface area contributed by atoms with Gasteiger partial charge in [-0.1, -0.05) is 35.9 Å². The SMILES string of the molecule is CN=C(NCc1ccc([N+](=O)[O-])cc1)NCC1(c2cccc(Cl)c2)CC1. The Morgan fingerprint density at radius 1 is 1.23 bits per heavy atom. The van der Waals surface area contributed by atoms with Crippen LogP contribution in [0, 0.1) is 10.1 Å². The molecule has 3 rings (SSSR count). The maximum Gasteiger partial charge on any atom is 0.269 e. The first-order chi connectivity index (χ1) is 12.5. The summed E-state index contributed by atoms with van der Waals surface area (Å²) in [5.74, 6) is 0.705. The Balaban J connectivity index is 1.54. The summed E-state index contributed by atoms with van der Waals surface area (Å²) < 4.78 is 0. The van der Waals surface area contributed by atoms with Gasteiger partial charge in [0.15, 0.2) is 5.96 Å². The van der Waals surface area contributed by atoms with Crippen molar-refractivity contribution < 1.29 is 4.92 Å². The van der Waals surface area contributed by atoms with Crippen LogP contribution in [0.3, 0.4) is 0 Å². The largest absolute Gasteiger partial charge is 0.356 e. The van der Waals surface area contributed by atoms with Gasteiger partial charge < -0.3 is 10.6 Å². The van der Waals surface area contributed by atoms with Crippen molar-refractivity contribution in [3.8, 4) is 0 Å². The standard InChI is InChI=1S/C19H21ClN4O2/c1-21-18(22-12-14-5-7-17(8-6-14)24(25)26)23-13-19(9-10-19)15-3-2-4-16(20)11-15/h2-8,11H,9-10,12-13H2,1H3,(H2,21,22,23). The first kappa shape index (κ1) is 18.2. The summed E-state index contributed by atoms with van der Waals surface area (Å²) in [5.41, 5.74) is 2.42. The third-order valence-electron chi connectivity index (χ3n) is 4.72. The first-order valence-corrected chi connectivity index (χ1v) is 8.84. The molecule has 0 spiro atoms. The van der Waals surface area contributed by atoms with Crippen LogP contribution in [-0.2, 0) is 12.0 Å². The maximum absolute atomic E-state index is 10.7. The van der Waals surface area contributed by atoms with E-state index in [2.05, 4.69) is 21.7 Å². The Bertz CT molecular complexity index is 817. The molecule has 1 aliphatic rings. The molecule has 2 aromatic carbocycles. The molecule has 2 aromatic rings. The smallest absolute Gasteiger partial charge is 0.269 e. The van der Waals surface area contributed by atoms with E-state index >= 15 is 0 Å². The quantitative estimate of drug-likeness (QED) is 0.351. The van der Waals surface area contributed by atoms with E-state index in [0.717, 1.165) is 30.0 Å². The van der Waals surface area contributed by atoms with E-state index in [0.29, 0.717) is 12.5 Å². The highest BCUT2D eigenvalue weighted by molar-refractivity contribution is 6.30. The predicted octanol–water partition coefficient (Wildman–Crippen LogP) is 3.65. The van der Waals surface area contributed by atoms with E-state index in [-0.39, 0.29) is 11.1 Å². The van der Waals surface area contributed by atoms with Gasteiger partial charge >= 0.3 is 0 Å². The molecule has 0 heterocycles. The Kier molecular flexibility index (Phi) is 5.42. The molecule has 0 atom stereocenters. The highest BCUT2D eigenvalue weighted by Gasteiger charge is 2.44. The van der Waals surface area contributed by atoms with Gasteiger partial charge in [-0.3, -0.25) is 15.1 Å². The summed E-state index contributed by atoms with van der Waals surface area (Å²) in [6.07, 6.45) is 2.25. The molecule has 0 radical (unpaired) electrons. The van der Waals surface area contributed by atoms with Gasteiger partial charge in [0.1, 0.15) is 0 Å². The van der Waals surface area contributed by atoms with Crippen LogP contribution >= 0.6 is 11.6 Å². The number of guanidine groups is 1. The summed E-state index contributed by atoms with van der Waals surface area (Å²) in [5, 5.41) is 18.1. The zero-order valence-corrected chi connectivity index (χ0v) is 15.3. The summed E-state index contributed by atoms with van der Waals surface area (Å²) >= 11 is 6.12. The number of aliphatic imine (C=N–C) groups is 1. The van der Waals surface area contributed by atoms with Crippen LogP contribution in [0.2, 0.25) is 5.02 Å². The van der Waals surface area contributed by atoms with Crippen molar-refractivity contribution in [2.75, 3.05) is 13.6 Å². The minimum atomic E-state index is -0.400. The molecule has 0 unspecified atom stereocenters. The highest BCUT2D eigenvalue weighted by Crippen LogP contribution is 2.48. The third-order valence-corrected chi connectivity index (χ3v) is 4.95. The number of non-ortho nitro benzene ring substituents is 1. The van der Waals surface area contributed by atoms with Gasteiger partial charge in [-0.05, 0) is 36.1 Å². The molecule has 1 aliphatic carbocycles. The molecule has 136 valence electrons. The first-order valence-electron chi connectivity index (χ1n) is 8.46. The number of benzene rings is 2. The Morgan fingerprint density at radius 3 is 2.54 bits per heavy atom. The molecule has 26 heavy (non-hydrogen) atoms. The van der Waals surface area contributed by atoms with E-state index < -0.39 is 4.92 Å². The molecule has 7 heteroatoms. The fourth-order valence-corrected chi connectivity index (χ4v) is 3.12. The van der Waals surface area contributed by atoms with Crippen LogP contribution in [0.4, 0.5) is 5.69 Å². The number of rotatable bonds is 6. The molecule has 0 saturated heterocycles. The number of nitrogens with zero attached hydrogens (tertiary/aromatic N) is 2. The van der Waals surface area contributed by atoms with Gasteiger partial charge in [0.25, 0.3) is 5.69 Å². The van der Waals surface area contributed by atoms with Crippen molar-refractivity contribution in [1.29, 1.82) is 0 Å². The van der Waals surface area contributed by atoms with E-state index in [1.165, 1.54) is 17.7 Å². The second kappa shape index (κ2) is 7.74. The van der Waals surface area contributed by atoms with Crippen LogP contribution in [0.1, 0.15) is 24.0 Å². The van der Waals surface area contributed by atoms with Crippen molar-refractivity contribution in [1.82, 2.24) is 10.6 Å². The molecule has 1 fully saturated rings. The Hall–Kier alpha value is -2.60. The summed E-state index contributed by atoms with van der Waals surface area (Å²) in [6, 6.07) is 14.5. The van der Waals surface area contributed by atoms with Gasteiger partial charge in [0.05, 0.1) is 4.92 Å². The molecule has 0 bridgehead atoms. The maximum atomic E-state index is 10.7. The van der Waals surface area contributed by atoms with Crippen molar-refractivity contribution in [3.05, 3.63) is 74.8 Å². The van der Waals surface area contributed by atoms with Gasteiger partial charge in [0, 0.05) is 42.7 Å². The van der Waals surface area contributed by atoms with Gasteiger partial charge in [-0.25, -0.2) is 0 Å². The number of halogens is 1. The third kappa shape index (κ3) is 4.32. The lowest BCUT2D eigenvalue weighted by molar-refractivity contribution is -0.384. The lowest BCUT2D eigenvalue weighted by Gasteiger charge is -2.19. The molecule has 6 nitrogen and oxygen atoms in total. The van der Waals surface area contributed by atoms with Crippen molar-refractivity contribution in [3.63, 3.8) is 0 Å². The zero-order chi connectivity index (χ0) is 18.6. The second-order valence-electron chi connectivity index (χ2n) is 6.49. The fourth-order valence-electron chi connectivity index (χ4n) is 2.93. The fraction of sp³-hybridized carbons (Fsp3) is 0.316. The summed E-state index contributed by atoms with van der Waals surface area (Å²) in [4.78, 5) is 14.6. The van der Waals surface area contributed by atoms with Crippen LogP contribution in [0.5, 0.6) is 0 Å². The summed E-state index contributed by atoms with van der Waals surface area (Å²) in [7, 11) is 1.73. The lowest BCUT2D eigenvalue weighted by Crippen LogP contribution is -2.40. The van der Waals surface area contributed by atoms with Crippen molar-refractivity contribution >= 4 is 23.2 Å². The molecular weight excluding hydrogens is 352 g/mol. The normalized spacial score (nSPS) is 15.4. The Morgan fingerprint density at radius 2 is 1.96 bits per heavy atom. The minimum absolute atomic E-state index is 0.0912. The molecule has 1 saturated carbocycles. The van der Waals surface area contributed by atoms with E-state index in [4.69, 9.17) is 11.6 Å². The average Bonchev–Trinajstić information content (AvgIpc) is 3.43. The highest BCUT2D eigenvalue weighted by atomic mass is 35.5. The monoisotopic (exact) mass is 372 g/mol.